The quantitative estimate of drug-likeness (QED) is 0.161. The number of ether oxygens (including phenoxy) is 1. The van der Waals surface area contributed by atoms with Crippen LogP contribution in [0.3, 0.4) is 0 Å². The predicted molar refractivity (Wildman–Crippen MR) is 147 cm³/mol. The number of nitrogens with one attached hydrogen (secondary N) is 3. The third-order valence-corrected chi connectivity index (χ3v) is 6.62. The molecule has 1 aliphatic carbocycles. The van der Waals surface area contributed by atoms with E-state index in [1.165, 1.54) is 32.1 Å². The lowest BCUT2D eigenvalue weighted by atomic mass is 10.1. The van der Waals surface area contributed by atoms with E-state index < -0.39 is 0 Å². The summed E-state index contributed by atoms with van der Waals surface area (Å²) in [6, 6.07) is 13.8. The number of H-pyrrole nitrogens is 1. The molecule has 1 saturated heterocycles. The van der Waals surface area contributed by atoms with Crippen LogP contribution >= 0.6 is 0 Å². The number of piperidine rings is 1. The van der Waals surface area contributed by atoms with Gasteiger partial charge in [-0.05, 0) is 38.8 Å². The van der Waals surface area contributed by atoms with Gasteiger partial charge in [-0.1, -0.05) is 48.5 Å². The van der Waals surface area contributed by atoms with Crippen LogP contribution in [0.2, 0.25) is 0 Å². The third kappa shape index (κ3) is 7.48. The molecule has 10 nitrogen and oxygen atoms in total. The van der Waals surface area contributed by atoms with Crippen molar-refractivity contribution in [3.05, 3.63) is 78.3 Å². The highest BCUT2D eigenvalue weighted by Gasteiger charge is 2.25. The Hall–Kier alpha value is -4.05. The average molecular weight is 517 g/mol. The van der Waals surface area contributed by atoms with Crippen LogP contribution in [0.1, 0.15) is 49.5 Å². The van der Waals surface area contributed by atoms with Crippen molar-refractivity contribution >= 4 is 11.7 Å². The highest BCUT2D eigenvalue weighted by Crippen LogP contribution is 2.39. The summed E-state index contributed by atoms with van der Waals surface area (Å²) in [6.07, 6.45) is 7.83. The van der Waals surface area contributed by atoms with Gasteiger partial charge in [0.05, 0.1) is 12.4 Å². The summed E-state index contributed by atoms with van der Waals surface area (Å²) >= 11 is 0. The molecule has 0 bridgehead atoms. The summed E-state index contributed by atoms with van der Waals surface area (Å²) in [6.45, 7) is 8.10. The maximum absolute atomic E-state index is 6.20. The number of rotatable bonds is 12. The minimum Gasteiger partial charge on any atom is -0.478 e. The number of aromatic nitrogens is 3. The lowest BCUT2D eigenvalue weighted by molar-refractivity contribution is 0.142. The highest BCUT2D eigenvalue weighted by atomic mass is 16.5. The van der Waals surface area contributed by atoms with Crippen molar-refractivity contribution in [3.63, 3.8) is 0 Å². The number of amidine groups is 1. The number of nitrogens with zero attached hydrogens (tertiary/aromatic N) is 4. The molecule has 5 N–H and O–H groups in total. The van der Waals surface area contributed by atoms with Crippen LogP contribution in [0, 0.1) is 0 Å². The van der Waals surface area contributed by atoms with Crippen molar-refractivity contribution < 1.29 is 9.26 Å². The van der Waals surface area contributed by atoms with Gasteiger partial charge in [-0.3, -0.25) is 10.00 Å². The van der Waals surface area contributed by atoms with Crippen LogP contribution in [-0.4, -0.2) is 52.3 Å². The first-order chi connectivity index (χ1) is 18.6. The van der Waals surface area contributed by atoms with E-state index in [9.17, 15) is 0 Å². The van der Waals surface area contributed by atoms with Gasteiger partial charge in [0.25, 0.3) is 0 Å². The van der Waals surface area contributed by atoms with Crippen molar-refractivity contribution in [1.82, 2.24) is 30.9 Å². The van der Waals surface area contributed by atoms with Crippen molar-refractivity contribution in [2.75, 3.05) is 26.2 Å². The van der Waals surface area contributed by atoms with Gasteiger partial charge >= 0.3 is 0 Å². The molecule has 2 aliphatic rings. The summed E-state index contributed by atoms with van der Waals surface area (Å²) < 4.78 is 11.3. The molecule has 5 rings (SSSR count). The van der Waals surface area contributed by atoms with Gasteiger partial charge in [0.2, 0.25) is 0 Å². The molecule has 0 unspecified atom stereocenters. The third-order valence-electron chi connectivity index (χ3n) is 6.62. The smallest absolute Gasteiger partial charge is 0.187 e. The number of likely N-dealkylation sites (tertiary alicyclic amines) is 1. The molecule has 3 heterocycles. The molecule has 0 atom stereocenters. The van der Waals surface area contributed by atoms with Crippen molar-refractivity contribution in [1.29, 1.82) is 0 Å². The molecule has 2 fully saturated rings. The lowest BCUT2D eigenvalue weighted by Crippen LogP contribution is -2.33. The van der Waals surface area contributed by atoms with E-state index in [4.69, 9.17) is 15.0 Å². The largest absolute Gasteiger partial charge is 0.478 e. The number of benzene rings is 1. The van der Waals surface area contributed by atoms with Gasteiger partial charge in [-0.2, -0.15) is 5.10 Å². The second-order valence-corrected chi connectivity index (χ2v) is 9.75. The number of aromatic amines is 1. The van der Waals surface area contributed by atoms with Crippen LogP contribution in [0.5, 0.6) is 0 Å². The number of nitrogens with two attached hydrogens (primary N) is 1. The molecule has 1 aliphatic heterocycles. The molecule has 3 aromatic rings. The Morgan fingerprint density at radius 1 is 1.21 bits per heavy atom. The molecule has 1 aromatic carbocycles. The summed E-state index contributed by atoms with van der Waals surface area (Å²) in [4.78, 5) is 7.05. The van der Waals surface area contributed by atoms with Gasteiger partial charge in [0.15, 0.2) is 17.5 Å². The normalized spacial score (nSPS) is 16.8. The van der Waals surface area contributed by atoms with Gasteiger partial charge < -0.3 is 25.6 Å². The number of aliphatic imine (C=N–C) groups is 1. The maximum Gasteiger partial charge on any atom is 0.187 e. The van der Waals surface area contributed by atoms with E-state index in [1.807, 2.05) is 42.5 Å². The molecule has 0 amide bonds. The van der Waals surface area contributed by atoms with E-state index in [1.54, 1.807) is 6.08 Å². The van der Waals surface area contributed by atoms with Crippen molar-refractivity contribution in [2.24, 2.45) is 10.7 Å². The Labute approximate surface area is 223 Å². The summed E-state index contributed by atoms with van der Waals surface area (Å²) in [5, 5.41) is 18.0. The van der Waals surface area contributed by atoms with E-state index in [0.29, 0.717) is 42.3 Å². The van der Waals surface area contributed by atoms with Gasteiger partial charge in [-0.15, -0.1) is 0 Å². The van der Waals surface area contributed by atoms with Crippen LogP contribution < -0.4 is 16.4 Å². The highest BCUT2D eigenvalue weighted by molar-refractivity contribution is 5.95. The topological polar surface area (TPSA) is 130 Å². The van der Waals surface area contributed by atoms with E-state index in [2.05, 4.69) is 42.5 Å². The summed E-state index contributed by atoms with van der Waals surface area (Å²) in [5.74, 6) is 3.08. The minimum atomic E-state index is 0.279. The monoisotopic (exact) mass is 516 g/mol. The molecular weight excluding hydrogens is 480 g/mol. The van der Waals surface area contributed by atoms with Gasteiger partial charge in [0.1, 0.15) is 18.1 Å². The molecule has 1 saturated carbocycles. The Bertz CT molecular complexity index is 1250. The Morgan fingerprint density at radius 2 is 2.03 bits per heavy atom. The molecular formula is C28H36N8O2. The van der Waals surface area contributed by atoms with E-state index >= 15 is 0 Å². The molecule has 2 aromatic heterocycles. The number of hydrogen-bond acceptors (Lipinski definition) is 8. The minimum absolute atomic E-state index is 0.279. The first kappa shape index (κ1) is 25.6. The lowest BCUT2D eigenvalue weighted by Gasteiger charge is -2.26. The van der Waals surface area contributed by atoms with Crippen LogP contribution in [0.4, 0.5) is 5.82 Å². The predicted octanol–water partition coefficient (Wildman–Crippen LogP) is 4.13. The molecule has 0 radical (unpaired) electrons. The first-order valence-corrected chi connectivity index (χ1v) is 13.3. The Kier molecular flexibility index (Phi) is 8.39. The molecule has 38 heavy (non-hydrogen) atoms. The van der Waals surface area contributed by atoms with Crippen molar-refractivity contribution in [3.8, 4) is 11.3 Å². The van der Waals surface area contributed by atoms with Crippen LogP contribution in [0.15, 0.2) is 76.3 Å². The molecule has 200 valence electrons. The fourth-order valence-electron chi connectivity index (χ4n) is 4.39. The van der Waals surface area contributed by atoms with Crippen LogP contribution in [0.25, 0.3) is 11.3 Å². The second kappa shape index (κ2) is 12.5. The fraction of sp³-hybridized carbons (Fsp3) is 0.393. The second-order valence-electron chi connectivity index (χ2n) is 9.75. The zero-order chi connectivity index (χ0) is 26.2. The maximum atomic E-state index is 6.20. The Morgan fingerprint density at radius 3 is 2.82 bits per heavy atom. The Balaban J connectivity index is 1.19. The number of hydrogen-bond donors (Lipinski definition) is 4. The van der Waals surface area contributed by atoms with Crippen molar-refractivity contribution in [2.45, 2.75) is 44.6 Å². The summed E-state index contributed by atoms with van der Waals surface area (Å²) in [5.41, 5.74) is 9.09. The molecule has 0 spiro atoms. The van der Waals surface area contributed by atoms with Gasteiger partial charge in [0, 0.05) is 41.9 Å². The summed E-state index contributed by atoms with van der Waals surface area (Å²) in [7, 11) is 0. The zero-order valence-electron chi connectivity index (χ0n) is 21.7. The van der Waals surface area contributed by atoms with E-state index in [0.717, 1.165) is 36.6 Å². The molecule has 10 heteroatoms. The SMILES string of the molecule is C=C(NCc1cc(-c2ccccc2)no1)NC(/C=C(\N)OCCN1CCCCC1)=Nc1cc(C2CC2)[nH]n1. The first-order valence-electron chi connectivity index (χ1n) is 13.3. The van der Waals surface area contributed by atoms with Gasteiger partial charge in [-0.25, -0.2) is 4.99 Å². The van der Waals surface area contributed by atoms with E-state index in [-0.39, 0.29) is 5.88 Å². The standard InChI is InChI=1S/C28H36N8O2/c1-20(30-19-23-16-25(35-38-23)21-8-4-2-5-9-21)31-27(32-28-17-24(33-34-28)22-10-11-22)18-26(29)37-15-14-36-12-6-3-7-13-36/h2,4-5,8-9,16-18,22,30H,1,3,6-7,10-15,19,29H2,(H2,31,32,33,34)/b26-18+. The fourth-order valence-corrected chi connectivity index (χ4v) is 4.39. The average Bonchev–Trinajstić information content (AvgIpc) is 3.49. The van der Waals surface area contributed by atoms with Crippen LogP contribution in [-0.2, 0) is 11.3 Å². The zero-order valence-corrected chi connectivity index (χ0v) is 21.7.